The lowest BCUT2D eigenvalue weighted by Gasteiger charge is -2.22. The SMILES string of the molecule is Cc1ccccc1C(=O)NC(CC(C)C)C(=O)NCC(O)c1ccc(OC(F)(F)F)cc1. The lowest BCUT2D eigenvalue weighted by molar-refractivity contribution is -0.274. The lowest BCUT2D eigenvalue weighted by Crippen LogP contribution is -2.48. The molecule has 174 valence electrons. The van der Waals surface area contributed by atoms with Crippen molar-refractivity contribution in [2.24, 2.45) is 5.92 Å². The van der Waals surface area contributed by atoms with Gasteiger partial charge in [0.2, 0.25) is 5.91 Å². The number of ether oxygens (including phenoxy) is 1. The number of halogens is 3. The molecule has 2 unspecified atom stereocenters. The van der Waals surface area contributed by atoms with Crippen molar-refractivity contribution >= 4 is 11.8 Å². The van der Waals surface area contributed by atoms with Crippen LogP contribution in [0.15, 0.2) is 48.5 Å². The number of rotatable bonds is 9. The largest absolute Gasteiger partial charge is 0.573 e. The number of benzene rings is 2. The van der Waals surface area contributed by atoms with Gasteiger partial charge in [-0.2, -0.15) is 0 Å². The normalized spacial score (nSPS) is 13.4. The zero-order valence-corrected chi connectivity index (χ0v) is 18.1. The number of carbonyl (C=O) groups is 2. The molecule has 0 bridgehead atoms. The molecular weight excluding hydrogens is 425 g/mol. The van der Waals surface area contributed by atoms with Crippen molar-refractivity contribution in [2.45, 2.75) is 45.7 Å². The van der Waals surface area contributed by atoms with Crippen LogP contribution >= 0.6 is 0 Å². The summed E-state index contributed by atoms with van der Waals surface area (Å²) in [6, 6.07) is 10.9. The maximum absolute atomic E-state index is 12.7. The molecule has 6 nitrogen and oxygen atoms in total. The first-order chi connectivity index (χ1) is 15.0. The van der Waals surface area contributed by atoms with Gasteiger partial charge in [-0.1, -0.05) is 44.2 Å². The van der Waals surface area contributed by atoms with Gasteiger partial charge in [0.15, 0.2) is 0 Å². The number of aliphatic hydroxyl groups is 1. The smallest absolute Gasteiger partial charge is 0.406 e. The van der Waals surface area contributed by atoms with Crippen LogP contribution in [0.1, 0.15) is 47.9 Å². The molecule has 2 atom stereocenters. The molecule has 2 amide bonds. The fraction of sp³-hybridized carbons (Fsp3) is 0.391. The Morgan fingerprint density at radius 2 is 1.69 bits per heavy atom. The van der Waals surface area contributed by atoms with Crippen molar-refractivity contribution in [3.8, 4) is 5.75 Å². The number of aryl methyl sites for hydroxylation is 1. The summed E-state index contributed by atoms with van der Waals surface area (Å²) in [5, 5.41) is 15.6. The highest BCUT2D eigenvalue weighted by Gasteiger charge is 2.31. The van der Waals surface area contributed by atoms with Gasteiger partial charge in [0.05, 0.1) is 6.10 Å². The van der Waals surface area contributed by atoms with E-state index in [9.17, 15) is 27.9 Å². The summed E-state index contributed by atoms with van der Waals surface area (Å²) in [4.78, 5) is 25.3. The molecule has 0 aliphatic rings. The Hall–Kier alpha value is -3.07. The van der Waals surface area contributed by atoms with Crippen molar-refractivity contribution in [2.75, 3.05) is 6.54 Å². The van der Waals surface area contributed by atoms with Crippen LogP contribution in [0.5, 0.6) is 5.75 Å². The minimum atomic E-state index is -4.80. The Kier molecular flexibility index (Phi) is 8.65. The molecule has 2 rings (SSSR count). The molecule has 0 aliphatic heterocycles. The van der Waals surface area contributed by atoms with E-state index in [1.54, 1.807) is 25.1 Å². The fourth-order valence-electron chi connectivity index (χ4n) is 3.10. The summed E-state index contributed by atoms with van der Waals surface area (Å²) >= 11 is 0. The molecule has 0 spiro atoms. The van der Waals surface area contributed by atoms with Crippen LogP contribution in [-0.4, -0.2) is 35.9 Å². The molecule has 0 saturated carbocycles. The quantitative estimate of drug-likeness (QED) is 0.539. The van der Waals surface area contributed by atoms with Gasteiger partial charge in [-0.05, 0) is 48.6 Å². The predicted molar refractivity (Wildman–Crippen MR) is 113 cm³/mol. The first kappa shape index (κ1) is 25.2. The number of alkyl halides is 3. The topological polar surface area (TPSA) is 87.7 Å². The van der Waals surface area contributed by atoms with Crippen LogP contribution < -0.4 is 15.4 Å². The number of aliphatic hydroxyl groups excluding tert-OH is 1. The van der Waals surface area contributed by atoms with Crippen molar-refractivity contribution in [3.05, 3.63) is 65.2 Å². The van der Waals surface area contributed by atoms with E-state index >= 15 is 0 Å². The summed E-state index contributed by atoms with van der Waals surface area (Å²) in [7, 11) is 0. The van der Waals surface area contributed by atoms with Crippen molar-refractivity contribution < 1.29 is 32.6 Å². The zero-order valence-electron chi connectivity index (χ0n) is 18.1. The molecule has 9 heteroatoms. The summed E-state index contributed by atoms with van der Waals surface area (Å²) in [6.07, 6.45) is -5.56. The third kappa shape index (κ3) is 7.88. The van der Waals surface area contributed by atoms with Gasteiger partial charge < -0.3 is 20.5 Å². The second-order valence-electron chi connectivity index (χ2n) is 7.85. The fourth-order valence-corrected chi connectivity index (χ4v) is 3.10. The van der Waals surface area contributed by atoms with Crippen LogP contribution in [0.4, 0.5) is 13.2 Å². The van der Waals surface area contributed by atoms with Gasteiger partial charge in [0, 0.05) is 12.1 Å². The molecule has 2 aromatic rings. The monoisotopic (exact) mass is 452 g/mol. The van der Waals surface area contributed by atoms with E-state index in [1.807, 2.05) is 19.9 Å². The average molecular weight is 452 g/mol. The molecule has 2 aromatic carbocycles. The van der Waals surface area contributed by atoms with Crippen LogP contribution in [0, 0.1) is 12.8 Å². The number of hydrogen-bond donors (Lipinski definition) is 3. The molecule has 0 aliphatic carbocycles. The Bertz CT molecular complexity index is 914. The van der Waals surface area contributed by atoms with E-state index in [1.165, 1.54) is 12.1 Å². The molecule has 3 N–H and O–H groups in total. The average Bonchev–Trinajstić information content (AvgIpc) is 2.70. The number of hydrogen-bond acceptors (Lipinski definition) is 4. The molecular formula is C23H27F3N2O4. The second-order valence-corrected chi connectivity index (χ2v) is 7.85. The minimum absolute atomic E-state index is 0.119. The Labute approximate surface area is 184 Å². The van der Waals surface area contributed by atoms with Crippen LogP contribution in [0.3, 0.4) is 0 Å². The molecule has 0 fully saturated rings. The van der Waals surface area contributed by atoms with E-state index in [-0.39, 0.29) is 18.4 Å². The van der Waals surface area contributed by atoms with Gasteiger partial charge >= 0.3 is 6.36 Å². The maximum atomic E-state index is 12.7. The van der Waals surface area contributed by atoms with E-state index in [4.69, 9.17) is 0 Å². The third-order valence-electron chi connectivity index (χ3n) is 4.69. The minimum Gasteiger partial charge on any atom is -0.406 e. The van der Waals surface area contributed by atoms with Gasteiger partial charge in [-0.15, -0.1) is 13.2 Å². The van der Waals surface area contributed by atoms with Gasteiger partial charge in [0.25, 0.3) is 5.91 Å². The summed E-state index contributed by atoms with van der Waals surface area (Å²) in [5.74, 6) is -1.12. The lowest BCUT2D eigenvalue weighted by atomic mass is 10.0. The van der Waals surface area contributed by atoms with Crippen LogP contribution in [0.25, 0.3) is 0 Å². The second kappa shape index (κ2) is 11.0. The van der Waals surface area contributed by atoms with Crippen molar-refractivity contribution in [3.63, 3.8) is 0 Å². The highest BCUT2D eigenvalue weighted by Crippen LogP contribution is 2.24. The Balaban J connectivity index is 1.99. The van der Waals surface area contributed by atoms with Crippen LogP contribution in [0.2, 0.25) is 0 Å². The molecule has 0 radical (unpaired) electrons. The molecule has 32 heavy (non-hydrogen) atoms. The maximum Gasteiger partial charge on any atom is 0.573 e. The Morgan fingerprint density at radius 3 is 2.25 bits per heavy atom. The molecule has 0 saturated heterocycles. The third-order valence-corrected chi connectivity index (χ3v) is 4.69. The highest BCUT2D eigenvalue weighted by atomic mass is 19.4. The predicted octanol–water partition coefficient (Wildman–Crippen LogP) is 3.89. The number of carbonyl (C=O) groups excluding carboxylic acids is 2. The first-order valence-electron chi connectivity index (χ1n) is 10.1. The van der Waals surface area contributed by atoms with E-state index in [0.717, 1.165) is 17.7 Å². The molecule has 0 aromatic heterocycles. The summed E-state index contributed by atoms with van der Waals surface area (Å²) < 4.78 is 40.5. The summed E-state index contributed by atoms with van der Waals surface area (Å²) in [5.41, 5.74) is 1.56. The van der Waals surface area contributed by atoms with Crippen molar-refractivity contribution in [1.82, 2.24) is 10.6 Å². The number of nitrogens with one attached hydrogen (secondary N) is 2. The van der Waals surface area contributed by atoms with Crippen LogP contribution in [-0.2, 0) is 4.79 Å². The summed E-state index contributed by atoms with van der Waals surface area (Å²) in [6.45, 7) is 5.46. The number of amides is 2. The van der Waals surface area contributed by atoms with Gasteiger partial charge in [0.1, 0.15) is 11.8 Å². The van der Waals surface area contributed by atoms with Crippen molar-refractivity contribution in [1.29, 1.82) is 0 Å². The standard InChI is InChI=1S/C23H27F3N2O4/c1-14(2)12-19(28-21(30)18-7-5-4-6-15(18)3)22(31)27-13-20(29)16-8-10-17(11-9-16)32-23(24,25)26/h4-11,14,19-20,29H,12-13H2,1-3H3,(H,27,31)(H,28,30). The Morgan fingerprint density at radius 1 is 1.06 bits per heavy atom. The zero-order chi connectivity index (χ0) is 23.9. The first-order valence-corrected chi connectivity index (χ1v) is 10.1. The van der Waals surface area contributed by atoms with E-state index < -0.39 is 30.2 Å². The van der Waals surface area contributed by atoms with Gasteiger partial charge in [-0.25, -0.2) is 0 Å². The highest BCUT2D eigenvalue weighted by molar-refractivity contribution is 5.98. The van der Waals surface area contributed by atoms with E-state index in [2.05, 4.69) is 15.4 Å². The van der Waals surface area contributed by atoms with E-state index in [0.29, 0.717) is 17.5 Å². The molecule has 0 heterocycles. The van der Waals surface area contributed by atoms with Gasteiger partial charge in [-0.3, -0.25) is 9.59 Å².